The smallest absolute Gasteiger partial charge is 0.153 e. The monoisotopic (exact) mass is 165 g/mol. The number of nitrogens with one attached hydrogen (secondary N) is 1. The molecule has 0 bridgehead atoms. The maximum atomic E-state index is 8.23. The fraction of sp³-hybridized carbons (Fsp3) is 0.250. The lowest BCUT2D eigenvalue weighted by atomic mass is 10.2. The second kappa shape index (κ2) is 4.46. The molecular weight excluding hydrogens is 154 g/mol. The molecule has 0 fully saturated rings. The summed E-state index contributed by atoms with van der Waals surface area (Å²) < 4.78 is 0. The van der Waals surface area contributed by atoms with E-state index in [1.807, 2.05) is 17.6 Å². The van der Waals surface area contributed by atoms with Gasteiger partial charge in [-0.15, -0.1) is 0 Å². The summed E-state index contributed by atoms with van der Waals surface area (Å²) in [4.78, 5) is 7.81. The molecule has 0 spiro atoms. The molecule has 0 amide bonds. The van der Waals surface area contributed by atoms with Crippen LogP contribution in [0.2, 0.25) is 0 Å². The Hall–Kier alpha value is -1.42. The zero-order valence-corrected chi connectivity index (χ0v) is 6.86. The van der Waals surface area contributed by atoms with Gasteiger partial charge in [-0.3, -0.25) is 10.7 Å². The van der Waals surface area contributed by atoms with Crippen LogP contribution >= 0.6 is 0 Å². The molecule has 0 radical (unpaired) electrons. The summed E-state index contributed by atoms with van der Waals surface area (Å²) >= 11 is 0. The number of nitrogens with zero attached hydrogens (tertiary/aromatic N) is 2. The minimum absolute atomic E-state index is 0.593. The molecule has 2 N–H and O–H groups in total. The van der Waals surface area contributed by atoms with Gasteiger partial charge in [0, 0.05) is 6.20 Å². The molecular formula is C8H11N3O. The van der Waals surface area contributed by atoms with E-state index in [1.165, 1.54) is 11.9 Å². The van der Waals surface area contributed by atoms with E-state index in [0.717, 1.165) is 6.42 Å². The number of aryl methyl sites for hydroxylation is 1. The lowest BCUT2D eigenvalue weighted by molar-refractivity contribution is 0.240. The van der Waals surface area contributed by atoms with Gasteiger partial charge < -0.3 is 0 Å². The van der Waals surface area contributed by atoms with Crippen LogP contribution in [0, 0.1) is 0 Å². The van der Waals surface area contributed by atoms with Crippen LogP contribution in [0.4, 0.5) is 5.82 Å². The average Bonchev–Trinajstić information content (AvgIpc) is 2.15. The Morgan fingerprint density at radius 3 is 3.25 bits per heavy atom. The third kappa shape index (κ3) is 2.32. The van der Waals surface area contributed by atoms with Crippen molar-refractivity contribution in [1.29, 1.82) is 0 Å². The van der Waals surface area contributed by atoms with Gasteiger partial charge >= 0.3 is 0 Å². The first-order valence-electron chi connectivity index (χ1n) is 3.74. The molecule has 0 saturated carbocycles. The molecule has 64 valence electrons. The highest BCUT2D eigenvalue weighted by atomic mass is 16.5. The van der Waals surface area contributed by atoms with Crippen LogP contribution in [0.1, 0.15) is 12.5 Å². The zero-order valence-electron chi connectivity index (χ0n) is 6.86. The molecule has 0 aliphatic carbocycles. The van der Waals surface area contributed by atoms with Crippen molar-refractivity contribution < 1.29 is 5.21 Å². The number of hydrogen-bond donors (Lipinski definition) is 2. The van der Waals surface area contributed by atoms with Crippen LogP contribution in [0.25, 0.3) is 0 Å². The van der Waals surface area contributed by atoms with Gasteiger partial charge in [0.25, 0.3) is 0 Å². The Bertz CT molecular complexity index is 273. The van der Waals surface area contributed by atoms with Crippen molar-refractivity contribution in [3.63, 3.8) is 0 Å². The molecule has 4 nitrogen and oxygen atoms in total. The third-order valence-electron chi connectivity index (χ3n) is 1.47. The molecule has 1 heterocycles. The minimum Gasteiger partial charge on any atom is -0.290 e. The second-order valence-corrected chi connectivity index (χ2v) is 2.26. The number of rotatable bonds is 3. The van der Waals surface area contributed by atoms with Crippen LogP contribution in [0.15, 0.2) is 23.3 Å². The van der Waals surface area contributed by atoms with Crippen molar-refractivity contribution in [2.24, 2.45) is 4.99 Å². The van der Waals surface area contributed by atoms with E-state index in [2.05, 4.69) is 16.9 Å². The Kier molecular flexibility index (Phi) is 3.22. The maximum absolute atomic E-state index is 8.23. The lowest BCUT2D eigenvalue weighted by Gasteiger charge is -1.96. The summed E-state index contributed by atoms with van der Waals surface area (Å²) in [6, 6.07) is 3.80. The van der Waals surface area contributed by atoms with Crippen LogP contribution in [-0.2, 0) is 6.42 Å². The van der Waals surface area contributed by atoms with Crippen LogP contribution in [-0.4, -0.2) is 16.5 Å². The molecule has 0 unspecified atom stereocenters. The van der Waals surface area contributed by atoms with Gasteiger partial charge in [0.15, 0.2) is 5.82 Å². The first-order chi connectivity index (χ1) is 5.86. The van der Waals surface area contributed by atoms with Gasteiger partial charge in [0.1, 0.15) is 6.34 Å². The second-order valence-electron chi connectivity index (χ2n) is 2.26. The maximum Gasteiger partial charge on any atom is 0.153 e. The third-order valence-corrected chi connectivity index (χ3v) is 1.47. The van der Waals surface area contributed by atoms with Gasteiger partial charge in [-0.1, -0.05) is 6.92 Å². The summed E-state index contributed by atoms with van der Waals surface area (Å²) in [6.45, 7) is 2.06. The fourth-order valence-electron chi connectivity index (χ4n) is 0.846. The van der Waals surface area contributed by atoms with E-state index in [-0.39, 0.29) is 0 Å². The van der Waals surface area contributed by atoms with Crippen LogP contribution in [0.3, 0.4) is 0 Å². The number of hydrogen-bond acceptors (Lipinski definition) is 3. The molecule has 0 aliphatic rings. The number of aliphatic imine (C=N–C) groups is 1. The van der Waals surface area contributed by atoms with E-state index < -0.39 is 0 Å². The number of pyridine rings is 1. The predicted molar refractivity (Wildman–Crippen MR) is 46.7 cm³/mol. The molecule has 0 atom stereocenters. The summed E-state index contributed by atoms with van der Waals surface area (Å²) in [5.74, 6) is 0.593. The van der Waals surface area contributed by atoms with Gasteiger partial charge in [-0.25, -0.2) is 9.98 Å². The molecule has 1 aromatic heterocycles. The topological polar surface area (TPSA) is 57.5 Å². The van der Waals surface area contributed by atoms with E-state index >= 15 is 0 Å². The Morgan fingerprint density at radius 1 is 1.75 bits per heavy atom. The summed E-state index contributed by atoms with van der Waals surface area (Å²) in [5, 5.41) is 8.23. The highest BCUT2D eigenvalue weighted by molar-refractivity contribution is 5.57. The van der Waals surface area contributed by atoms with Gasteiger partial charge in [-0.2, -0.15) is 0 Å². The van der Waals surface area contributed by atoms with E-state index in [0.29, 0.717) is 5.82 Å². The molecule has 4 heteroatoms. The Labute approximate surface area is 70.9 Å². The molecule has 12 heavy (non-hydrogen) atoms. The highest BCUT2D eigenvalue weighted by Crippen LogP contribution is 2.09. The first-order valence-corrected chi connectivity index (χ1v) is 3.74. The lowest BCUT2D eigenvalue weighted by Crippen LogP contribution is -2.01. The van der Waals surface area contributed by atoms with Crippen molar-refractivity contribution in [2.75, 3.05) is 0 Å². The van der Waals surface area contributed by atoms with Crippen molar-refractivity contribution in [3.8, 4) is 0 Å². The number of aromatic nitrogens is 1. The van der Waals surface area contributed by atoms with Gasteiger partial charge in [-0.05, 0) is 24.1 Å². The minimum atomic E-state index is 0.593. The molecule has 0 aromatic carbocycles. The standard InChI is InChI=1S/C8H11N3O/c1-2-7-3-4-9-8(5-7)10-6-11-12/h3-6,12H,2H2,1H3,(H,9,10,11). The fourth-order valence-corrected chi connectivity index (χ4v) is 0.846. The Morgan fingerprint density at radius 2 is 2.58 bits per heavy atom. The van der Waals surface area contributed by atoms with E-state index in [4.69, 9.17) is 5.21 Å². The van der Waals surface area contributed by atoms with Gasteiger partial charge in [0.2, 0.25) is 0 Å². The summed E-state index contributed by atoms with van der Waals surface area (Å²) in [7, 11) is 0. The van der Waals surface area contributed by atoms with E-state index in [1.54, 1.807) is 6.20 Å². The SMILES string of the molecule is CCc1ccnc(N=CNO)c1. The average molecular weight is 165 g/mol. The van der Waals surface area contributed by atoms with Crippen LogP contribution < -0.4 is 5.48 Å². The molecule has 1 aromatic rings. The largest absolute Gasteiger partial charge is 0.290 e. The quantitative estimate of drug-likeness (QED) is 0.403. The van der Waals surface area contributed by atoms with Crippen molar-refractivity contribution >= 4 is 12.2 Å². The van der Waals surface area contributed by atoms with Gasteiger partial charge in [0.05, 0.1) is 0 Å². The highest BCUT2D eigenvalue weighted by Gasteiger charge is 1.91. The Balaban J connectivity index is 2.79. The normalized spacial score (nSPS) is 10.5. The summed E-state index contributed by atoms with van der Waals surface area (Å²) in [5.41, 5.74) is 3.00. The molecule has 1 rings (SSSR count). The number of hydroxylamine groups is 1. The van der Waals surface area contributed by atoms with Crippen LogP contribution in [0.5, 0.6) is 0 Å². The molecule has 0 saturated heterocycles. The van der Waals surface area contributed by atoms with Crippen molar-refractivity contribution in [3.05, 3.63) is 23.9 Å². The van der Waals surface area contributed by atoms with E-state index in [9.17, 15) is 0 Å². The first kappa shape index (κ1) is 8.67. The van der Waals surface area contributed by atoms with Crippen molar-refractivity contribution in [2.45, 2.75) is 13.3 Å². The summed E-state index contributed by atoms with van der Waals surface area (Å²) in [6.07, 6.45) is 3.84. The predicted octanol–water partition coefficient (Wildman–Crippen LogP) is 1.28. The van der Waals surface area contributed by atoms with Crippen molar-refractivity contribution in [1.82, 2.24) is 10.5 Å². The molecule has 0 aliphatic heterocycles. The zero-order chi connectivity index (χ0) is 8.81.